The van der Waals surface area contributed by atoms with E-state index >= 15 is 0 Å². The maximum atomic E-state index is 14.3. The summed E-state index contributed by atoms with van der Waals surface area (Å²) in [5.41, 5.74) is -0.437. The molecule has 9 nitrogen and oxygen atoms in total. The van der Waals surface area contributed by atoms with E-state index in [-0.39, 0.29) is 25.5 Å². The van der Waals surface area contributed by atoms with E-state index in [0.717, 1.165) is 0 Å². The van der Waals surface area contributed by atoms with Crippen LogP contribution in [0.15, 0.2) is 24.3 Å². The second kappa shape index (κ2) is 14.6. The Hall–Kier alpha value is -3.54. The molecular formula is C30H45N3O6. The minimum absolute atomic E-state index is 0.0124. The quantitative estimate of drug-likeness (QED) is 0.317. The molecule has 0 aliphatic carbocycles. The number of rotatable bonds is 11. The lowest BCUT2D eigenvalue weighted by Gasteiger charge is -2.43. The fraction of sp³-hybridized carbons (Fsp3) is 0.600. The summed E-state index contributed by atoms with van der Waals surface area (Å²) in [5, 5.41) is 5.52. The van der Waals surface area contributed by atoms with Gasteiger partial charge in [0.2, 0.25) is 11.8 Å². The third-order valence-corrected chi connectivity index (χ3v) is 5.94. The second-order valence-electron chi connectivity index (χ2n) is 11.4. The van der Waals surface area contributed by atoms with Crippen LogP contribution in [0.25, 0.3) is 0 Å². The van der Waals surface area contributed by atoms with Gasteiger partial charge in [0.15, 0.2) is 0 Å². The van der Waals surface area contributed by atoms with Gasteiger partial charge < -0.3 is 25.0 Å². The molecule has 3 amide bonds. The van der Waals surface area contributed by atoms with Crippen molar-refractivity contribution in [2.24, 2.45) is 5.92 Å². The van der Waals surface area contributed by atoms with Gasteiger partial charge in [0.1, 0.15) is 17.7 Å². The van der Waals surface area contributed by atoms with E-state index in [1.54, 1.807) is 52.0 Å². The molecule has 0 spiro atoms. The first-order chi connectivity index (χ1) is 18.0. The molecule has 0 saturated carbocycles. The summed E-state index contributed by atoms with van der Waals surface area (Å²) >= 11 is 0. The van der Waals surface area contributed by atoms with Crippen LogP contribution in [0.1, 0.15) is 92.3 Å². The molecule has 0 aliphatic rings. The third kappa shape index (κ3) is 10.6. The zero-order valence-electron chi connectivity index (χ0n) is 24.8. The molecular weight excluding hydrogens is 498 g/mol. The molecule has 9 heteroatoms. The minimum Gasteiger partial charge on any atom is -0.466 e. The predicted molar refractivity (Wildman–Crippen MR) is 151 cm³/mol. The van der Waals surface area contributed by atoms with E-state index in [0.29, 0.717) is 17.5 Å². The number of esters is 1. The molecule has 2 N–H and O–H groups in total. The van der Waals surface area contributed by atoms with Gasteiger partial charge in [-0.1, -0.05) is 38.3 Å². The highest BCUT2D eigenvalue weighted by Gasteiger charge is 2.43. The molecule has 1 aromatic rings. The summed E-state index contributed by atoms with van der Waals surface area (Å²) in [5.74, 6) is 0.945. The first kappa shape index (κ1) is 33.5. The van der Waals surface area contributed by atoms with E-state index < -0.39 is 47.1 Å². The lowest BCUT2D eigenvalue weighted by Crippen LogP contribution is -2.60. The first-order valence-electron chi connectivity index (χ1n) is 13.4. The Morgan fingerprint density at radius 1 is 1.03 bits per heavy atom. The monoisotopic (exact) mass is 543 g/mol. The van der Waals surface area contributed by atoms with Gasteiger partial charge >= 0.3 is 12.1 Å². The zero-order valence-corrected chi connectivity index (χ0v) is 24.8. The molecule has 0 radical (unpaired) electrons. The normalized spacial score (nSPS) is 13.7. The van der Waals surface area contributed by atoms with Gasteiger partial charge in [-0.15, -0.1) is 6.42 Å². The topological polar surface area (TPSA) is 114 Å². The minimum atomic E-state index is -1.07. The van der Waals surface area contributed by atoms with Gasteiger partial charge in [-0.2, -0.15) is 0 Å². The third-order valence-electron chi connectivity index (χ3n) is 5.94. The summed E-state index contributed by atoms with van der Waals surface area (Å²) in [6, 6.07) is 4.78. The Balaban J connectivity index is 3.54. The van der Waals surface area contributed by atoms with Gasteiger partial charge in [0.25, 0.3) is 0 Å². The second-order valence-corrected chi connectivity index (χ2v) is 11.4. The van der Waals surface area contributed by atoms with Crippen molar-refractivity contribution in [3.05, 3.63) is 35.4 Å². The summed E-state index contributed by atoms with van der Waals surface area (Å²) in [4.78, 5) is 54.0. The summed E-state index contributed by atoms with van der Waals surface area (Å²) in [6.45, 7) is 16.4. The highest BCUT2D eigenvalue weighted by Crippen LogP contribution is 2.31. The summed E-state index contributed by atoms with van der Waals surface area (Å²) < 4.78 is 10.4. The molecule has 3 atom stereocenters. The SMILES string of the molecule is C#Cc1ccc(C(C(=O)NCCC(=O)OCC)N(C(=O)C(NC(=O)OC(C)(C)C)C(C)CC)C(C)(C)C)cc1. The molecule has 39 heavy (non-hydrogen) atoms. The predicted octanol–water partition coefficient (Wildman–Crippen LogP) is 4.34. The van der Waals surface area contributed by atoms with Crippen LogP contribution in [0.4, 0.5) is 4.79 Å². The molecule has 1 rings (SSSR count). The lowest BCUT2D eigenvalue weighted by molar-refractivity contribution is -0.149. The van der Waals surface area contributed by atoms with Crippen molar-refractivity contribution in [2.75, 3.05) is 13.2 Å². The Labute approximate surface area is 233 Å². The van der Waals surface area contributed by atoms with Crippen molar-refractivity contribution in [2.45, 2.75) is 98.4 Å². The van der Waals surface area contributed by atoms with E-state index in [1.807, 2.05) is 34.6 Å². The Bertz CT molecular complexity index is 1030. The first-order valence-corrected chi connectivity index (χ1v) is 13.4. The van der Waals surface area contributed by atoms with Crippen LogP contribution in [0.2, 0.25) is 0 Å². The average Bonchev–Trinajstić information content (AvgIpc) is 2.83. The number of amides is 3. The number of hydrogen-bond acceptors (Lipinski definition) is 6. The maximum absolute atomic E-state index is 14.3. The van der Waals surface area contributed by atoms with Crippen molar-refractivity contribution in [1.82, 2.24) is 15.5 Å². The Kier molecular flexibility index (Phi) is 12.5. The van der Waals surface area contributed by atoms with Crippen LogP contribution in [0.3, 0.4) is 0 Å². The number of ether oxygens (including phenoxy) is 2. The summed E-state index contributed by atoms with van der Waals surface area (Å²) in [7, 11) is 0. The van der Waals surface area contributed by atoms with Gasteiger partial charge in [-0.3, -0.25) is 14.4 Å². The van der Waals surface area contributed by atoms with E-state index in [9.17, 15) is 19.2 Å². The molecule has 0 fully saturated rings. The van der Waals surface area contributed by atoms with Crippen LogP contribution >= 0.6 is 0 Å². The molecule has 1 aromatic carbocycles. The van der Waals surface area contributed by atoms with Gasteiger partial charge in [-0.25, -0.2) is 4.79 Å². The van der Waals surface area contributed by atoms with E-state index in [1.165, 1.54) is 4.90 Å². The smallest absolute Gasteiger partial charge is 0.408 e. The van der Waals surface area contributed by atoms with Gasteiger partial charge in [0, 0.05) is 17.6 Å². The molecule has 0 aliphatic heterocycles. The van der Waals surface area contributed by atoms with Gasteiger partial charge in [-0.05, 0) is 72.1 Å². The number of terminal acetylenes is 1. The van der Waals surface area contributed by atoms with E-state index in [4.69, 9.17) is 15.9 Å². The zero-order chi connectivity index (χ0) is 30.0. The van der Waals surface area contributed by atoms with Crippen LogP contribution in [0, 0.1) is 18.3 Å². The number of carbonyl (C=O) groups is 4. The number of benzene rings is 1. The molecule has 3 unspecified atom stereocenters. The van der Waals surface area contributed by atoms with E-state index in [2.05, 4.69) is 16.6 Å². The lowest BCUT2D eigenvalue weighted by atomic mass is 9.91. The highest BCUT2D eigenvalue weighted by molar-refractivity contribution is 5.93. The van der Waals surface area contributed by atoms with Crippen molar-refractivity contribution in [3.8, 4) is 12.3 Å². The molecule has 0 aromatic heterocycles. The Morgan fingerprint density at radius 2 is 1.62 bits per heavy atom. The number of carbonyl (C=O) groups excluding carboxylic acids is 4. The maximum Gasteiger partial charge on any atom is 0.408 e. The van der Waals surface area contributed by atoms with Crippen LogP contribution in [-0.2, 0) is 23.9 Å². The molecule has 216 valence electrons. The van der Waals surface area contributed by atoms with Crippen LogP contribution < -0.4 is 10.6 Å². The van der Waals surface area contributed by atoms with Crippen LogP contribution in [-0.4, -0.2) is 59.1 Å². The number of nitrogens with zero attached hydrogens (tertiary/aromatic N) is 1. The fourth-order valence-electron chi connectivity index (χ4n) is 3.91. The van der Waals surface area contributed by atoms with Gasteiger partial charge in [0.05, 0.1) is 13.0 Å². The van der Waals surface area contributed by atoms with Crippen molar-refractivity contribution in [3.63, 3.8) is 0 Å². The van der Waals surface area contributed by atoms with Crippen molar-refractivity contribution in [1.29, 1.82) is 0 Å². The largest absolute Gasteiger partial charge is 0.466 e. The highest BCUT2D eigenvalue weighted by atomic mass is 16.6. The average molecular weight is 544 g/mol. The molecule has 0 heterocycles. The standard InChI is InChI=1S/C30H45N3O6/c1-11-20(4)24(32-28(37)39-30(8,9)10)27(36)33(29(5,6)7)25(22-16-14-21(12-2)15-17-22)26(35)31-19-18-23(34)38-13-3/h2,14-17,20,24-25H,11,13,18-19H2,1,3-10H3,(H,31,35)(H,32,37). The fourth-order valence-corrected chi connectivity index (χ4v) is 3.91. The van der Waals surface area contributed by atoms with Crippen molar-refractivity contribution >= 4 is 23.9 Å². The Morgan fingerprint density at radius 3 is 2.08 bits per heavy atom. The number of nitrogens with one attached hydrogen (secondary N) is 2. The summed E-state index contributed by atoms with van der Waals surface area (Å²) in [6.07, 6.45) is 5.38. The molecule has 0 bridgehead atoms. The van der Waals surface area contributed by atoms with Crippen molar-refractivity contribution < 1.29 is 28.7 Å². The number of alkyl carbamates (subject to hydrolysis) is 1. The molecule has 0 saturated heterocycles. The number of hydrogen-bond donors (Lipinski definition) is 2. The van der Waals surface area contributed by atoms with Crippen LogP contribution in [0.5, 0.6) is 0 Å².